The average Bonchev–Trinajstić information content (AvgIpc) is 2.65. The van der Waals surface area contributed by atoms with Crippen molar-refractivity contribution in [3.05, 3.63) is 35.3 Å². The summed E-state index contributed by atoms with van der Waals surface area (Å²) in [4.78, 5) is 0. The Morgan fingerprint density at radius 1 is 1.35 bits per heavy atom. The molecule has 0 unspecified atom stereocenters. The molecule has 0 fully saturated rings. The van der Waals surface area contributed by atoms with E-state index < -0.39 is 11.0 Å². The van der Waals surface area contributed by atoms with Gasteiger partial charge in [0.2, 0.25) is 0 Å². The zero-order valence-corrected chi connectivity index (χ0v) is 13.2. The summed E-state index contributed by atoms with van der Waals surface area (Å²) in [7, 11) is -1.19. The fraction of sp³-hybridized carbons (Fsp3) is 0.467. The Balaban J connectivity index is 2.33. The Morgan fingerprint density at radius 2 is 2.00 bits per heavy atom. The Morgan fingerprint density at radius 3 is 2.60 bits per heavy atom. The van der Waals surface area contributed by atoms with Crippen LogP contribution >= 0.6 is 0 Å². The van der Waals surface area contributed by atoms with Crippen LogP contribution in [0.25, 0.3) is 11.0 Å². The van der Waals surface area contributed by atoms with Crippen molar-refractivity contribution in [3.63, 3.8) is 0 Å². The highest BCUT2D eigenvalue weighted by molar-refractivity contribution is 7.84. The molecule has 110 valence electrons. The van der Waals surface area contributed by atoms with E-state index in [2.05, 4.69) is 4.72 Å². The van der Waals surface area contributed by atoms with Gasteiger partial charge in [-0.15, -0.1) is 0 Å². The second kappa shape index (κ2) is 5.30. The van der Waals surface area contributed by atoms with Gasteiger partial charge in [-0.3, -0.25) is 0 Å². The van der Waals surface area contributed by atoms with Gasteiger partial charge in [-0.2, -0.15) is 0 Å². The molecule has 2 atom stereocenters. The van der Waals surface area contributed by atoms with Crippen LogP contribution in [0.3, 0.4) is 0 Å². The van der Waals surface area contributed by atoms with Crippen LogP contribution < -0.4 is 4.72 Å². The standard InChI is InChI=1S/C15H20FNO2S/c1-9-12-8-11(16)6-7-13(12)19-14(9)10(2)17-20(18)15(3,4)5/h6-8,10,17H,1-5H3/t10-,20+/m1/s1. The van der Waals surface area contributed by atoms with Crippen molar-refractivity contribution in [1.29, 1.82) is 0 Å². The minimum atomic E-state index is -1.19. The van der Waals surface area contributed by atoms with Crippen molar-refractivity contribution in [2.75, 3.05) is 0 Å². The molecule has 1 aromatic heterocycles. The molecule has 0 saturated carbocycles. The summed E-state index contributed by atoms with van der Waals surface area (Å²) < 4.78 is 33.9. The van der Waals surface area contributed by atoms with Crippen molar-refractivity contribution in [2.24, 2.45) is 0 Å². The van der Waals surface area contributed by atoms with E-state index in [0.29, 0.717) is 11.3 Å². The van der Waals surface area contributed by atoms with E-state index >= 15 is 0 Å². The zero-order valence-electron chi connectivity index (χ0n) is 12.4. The number of hydrogen-bond donors (Lipinski definition) is 1. The van der Waals surface area contributed by atoms with Gasteiger partial charge >= 0.3 is 0 Å². The molecule has 1 N–H and O–H groups in total. The molecule has 1 aromatic carbocycles. The summed E-state index contributed by atoms with van der Waals surface area (Å²) in [5.41, 5.74) is 1.53. The van der Waals surface area contributed by atoms with Crippen molar-refractivity contribution < 1.29 is 13.0 Å². The van der Waals surface area contributed by atoms with E-state index in [4.69, 9.17) is 4.42 Å². The first-order chi connectivity index (χ1) is 9.20. The summed E-state index contributed by atoms with van der Waals surface area (Å²) in [6, 6.07) is 4.26. The lowest BCUT2D eigenvalue weighted by Gasteiger charge is -2.21. The van der Waals surface area contributed by atoms with Crippen LogP contribution in [0.15, 0.2) is 22.6 Å². The van der Waals surface area contributed by atoms with E-state index in [0.717, 1.165) is 10.9 Å². The summed E-state index contributed by atoms with van der Waals surface area (Å²) in [6.45, 7) is 9.50. The van der Waals surface area contributed by atoms with Crippen molar-refractivity contribution in [1.82, 2.24) is 4.72 Å². The molecule has 0 radical (unpaired) electrons. The van der Waals surface area contributed by atoms with E-state index in [1.54, 1.807) is 6.07 Å². The second-order valence-electron chi connectivity index (χ2n) is 5.95. The predicted molar refractivity (Wildman–Crippen MR) is 80.4 cm³/mol. The predicted octanol–water partition coefficient (Wildman–Crippen LogP) is 3.99. The number of fused-ring (bicyclic) bond motifs is 1. The van der Waals surface area contributed by atoms with Gasteiger partial charge in [0.15, 0.2) is 0 Å². The molecule has 0 aliphatic heterocycles. The Kier molecular flexibility index (Phi) is 4.02. The summed E-state index contributed by atoms with van der Waals surface area (Å²) >= 11 is 0. The smallest absolute Gasteiger partial charge is 0.134 e. The van der Waals surface area contributed by atoms with Gasteiger partial charge in [0.05, 0.1) is 21.8 Å². The summed E-state index contributed by atoms with van der Waals surface area (Å²) in [5, 5.41) is 0.759. The summed E-state index contributed by atoms with van der Waals surface area (Å²) in [6.07, 6.45) is 0. The molecule has 2 aromatic rings. The molecule has 5 heteroatoms. The highest BCUT2D eigenvalue weighted by Crippen LogP contribution is 2.30. The maximum Gasteiger partial charge on any atom is 0.134 e. The maximum atomic E-state index is 13.3. The van der Waals surface area contributed by atoms with Gasteiger partial charge in [-0.25, -0.2) is 13.3 Å². The van der Waals surface area contributed by atoms with Crippen LogP contribution in [0.1, 0.15) is 45.1 Å². The lowest BCUT2D eigenvalue weighted by atomic mass is 10.1. The Labute approximate surface area is 121 Å². The van der Waals surface area contributed by atoms with Crippen LogP contribution in [-0.4, -0.2) is 8.96 Å². The van der Waals surface area contributed by atoms with Crippen LogP contribution in [-0.2, 0) is 11.0 Å². The first kappa shape index (κ1) is 15.2. The normalized spacial score (nSPS) is 15.5. The number of rotatable bonds is 3. The van der Waals surface area contributed by atoms with Gasteiger partial charge in [-0.1, -0.05) is 0 Å². The van der Waals surface area contributed by atoms with Gasteiger partial charge < -0.3 is 4.42 Å². The second-order valence-corrected chi connectivity index (χ2v) is 7.95. The van der Waals surface area contributed by atoms with E-state index in [1.165, 1.54) is 12.1 Å². The van der Waals surface area contributed by atoms with Crippen molar-refractivity contribution in [3.8, 4) is 0 Å². The third-order valence-electron chi connectivity index (χ3n) is 3.17. The largest absolute Gasteiger partial charge is 0.459 e. The fourth-order valence-corrected chi connectivity index (χ4v) is 2.80. The third-order valence-corrected chi connectivity index (χ3v) is 4.85. The minimum absolute atomic E-state index is 0.203. The van der Waals surface area contributed by atoms with Gasteiger partial charge in [0.25, 0.3) is 0 Å². The Bertz CT molecular complexity index is 658. The first-order valence-electron chi connectivity index (χ1n) is 6.56. The lowest BCUT2D eigenvalue weighted by molar-refractivity contribution is 0.488. The third kappa shape index (κ3) is 2.94. The van der Waals surface area contributed by atoms with Gasteiger partial charge in [0.1, 0.15) is 17.2 Å². The molecular formula is C15H20FNO2S. The highest BCUT2D eigenvalue weighted by atomic mass is 32.2. The SMILES string of the molecule is Cc1c([C@@H](C)N[S@@](=O)C(C)(C)C)oc2ccc(F)cc12. The van der Waals surface area contributed by atoms with E-state index in [1.807, 2.05) is 34.6 Å². The first-order valence-corrected chi connectivity index (χ1v) is 7.71. The lowest BCUT2D eigenvalue weighted by Crippen LogP contribution is -2.34. The number of nitrogens with one attached hydrogen (secondary N) is 1. The van der Waals surface area contributed by atoms with Crippen LogP contribution in [0.5, 0.6) is 0 Å². The highest BCUT2D eigenvalue weighted by Gasteiger charge is 2.24. The molecule has 0 amide bonds. The quantitative estimate of drug-likeness (QED) is 0.930. The number of halogens is 1. The summed E-state index contributed by atoms with van der Waals surface area (Å²) in [5.74, 6) is 0.412. The topological polar surface area (TPSA) is 42.2 Å². The Hall–Kier alpha value is -1.20. The van der Waals surface area contributed by atoms with Crippen LogP contribution in [0, 0.1) is 12.7 Å². The molecule has 1 heterocycles. The van der Waals surface area contributed by atoms with E-state index in [-0.39, 0.29) is 16.6 Å². The van der Waals surface area contributed by atoms with Crippen LogP contribution in [0.2, 0.25) is 0 Å². The molecule has 20 heavy (non-hydrogen) atoms. The molecule has 2 rings (SSSR count). The maximum absolute atomic E-state index is 13.3. The molecule has 0 aliphatic rings. The molecule has 0 spiro atoms. The van der Waals surface area contributed by atoms with E-state index in [9.17, 15) is 8.60 Å². The molecule has 0 bridgehead atoms. The number of furan rings is 1. The number of hydrogen-bond acceptors (Lipinski definition) is 2. The monoisotopic (exact) mass is 297 g/mol. The zero-order chi connectivity index (χ0) is 15.1. The number of aryl methyl sites for hydroxylation is 1. The molecule has 3 nitrogen and oxygen atoms in total. The average molecular weight is 297 g/mol. The number of benzene rings is 1. The minimum Gasteiger partial charge on any atom is -0.459 e. The van der Waals surface area contributed by atoms with Crippen molar-refractivity contribution >= 4 is 22.0 Å². The van der Waals surface area contributed by atoms with Gasteiger partial charge in [0, 0.05) is 10.9 Å². The molecule has 0 aliphatic carbocycles. The van der Waals surface area contributed by atoms with Crippen LogP contribution in [0.4, 0.5) is 4.39 Å². The molecule has 0 saturated heterocycles. The fourth-order valence-electron chi connectivity index (χ4n) is 2.02. The van der Waals surface area contributed by atoms with Gasteiger partial charge in [-0.05, 0) is 52.8 Å². The molecular weight excluding hydrogens is 277 g/mol. The van der Waals surface area contributed by atoms with Crippen molar-refractivity contribution in [2.45, 2.75) is 45.4 Å².